The van der Waals surface area contributed by atoms with Crippen LogP contribution >= 0.6 is 11.3 Å². The first-order valence-electron chi connectivity index (χ1n) is 12.0. The SMILES string of the molecule is CN(C)CCNC(=O)c1ccc(Nc2nc(N)c(C(=O)C3C4CC5CC(C4)CC3C5)s2)cc1. The number of Topliss-reactive ketones (excluding diaryl/α,β-unsaturated/α-hetero) is 1. The number of hydrogen-bond donors (Lipinski definition) is 3. The Morgan fingerprint density at radius 3 is 2.30 bits per heavy atom. The third kappa shape index (κ3) is 4.64. The van der Waals surface area contributed by atoms with Crippen molar-refractivity contribution in [3.63, 3.8) is 0 Å². The minimum atomic E-state index is -0.0922. The van der Waals surface area contributed by atoms with E-state index < -0.39 is 0 Å². The molecule has 0 atom stereocenters. The van der Waals surface area contributed by atoms with E-state index in [1.54, 1.807) is 12.1 Å². The lowest BCUT2D eigenvalue weighted by molar-refractivity contribution is -0.0249. The van der Waals surface area contributed by atoms with Gasteiger partial charge in [-0.25, -0.2) is 4.98 Å². The van der Waals surface area contributed by atoms with Crippen LogP contribution in [0.25, 0.3) is 0 Å². The van der Waals surface area contributed by atoms with Gasteiger partial charge in [0.1, 0.15) is 10.7 Å². The Kier molecular flexibility index (Phi) is 6.14. The Balaban J connectivity index is 1.23. The van der Waals surface area contributed by atoms with E-state index in [-0.39, 0.29) is 17.6 Å². The summed E-state index contributed by atoms with van der Waals surface area (Å²) in [4.78, 5) is 32.8. The number of aromatic nitrogens is 1. The average molecular weight is 468 g/mol. The van der Waals surface area contributed by atoms with Gasteiger partial charge in [-0.3, -0.25) is 9.59 Å². The first-order valence-corrected chi connectivity index (χ1v) is 12.8. The third-order valence-electron chi connectivity index (χ3n) is 7.65. The quantitative estimate of drug-likeness (QED) is 0.507. The minimum absolute atomic E-state index is 0.0922. The number of hydrogen-bond acceptors (Lipinski definition) is 7. The molecule has 0 radical (unpaired) electrons. The first kappa shape index (κ1) is 22.3. The Morgan fingerprint density at radius 1 is 1.06 bits per heavy atom. The van der Waals surface area contributed by atoms with E-state index in [0.717, 1.165) is 24.1 Å². The molecule has 8 heteroatoms. The maximum Gasteiger partial charge on any atom is 0.251 e. The highest BCUT2D eigenvalue weighted by Gasteiger charge is 2.51. The maximum absolute atomic E-state index is 13.5. The number of likely N-dealkylation sites (N-methyl/N-ethyl adjacent to an activating group) is 1. The monoisotopic (exact) mass is 467 g/mol. The summed E-state index contributed by atoms with van der Waals surface area (Å²) in [5.74, 6) is 3.31. The Bertz CT molecular complexity index is 1000. The minimum Gasteiger partial charge on any atom is -0.382 e. The topological polar surface area (TPSA) is 100 Å². The molecule has 1 heterocycles. The van der Waals surface area contributed by atoms with Crippen molar-refractivity contribution >= 4 is 39.7 Å². The molecule has 1 amide bonds. The second-order valence-electron chi connectivity index (χ2n) is 10.3. The van der Waals surface area contributed by atoms with Crippen LogP contribution in [0, 0.1) is 29.6 Å². The molecule has 4 aliphatic rings. The molecule has 4 aliphatic carbocycles. The molecule has 0 aliphatic heterocycles. The summed E-state index contributed by atoms with van der Waals surface area (Å²) in [5, 5.41) is 6.77. The second kappa shape index (κ2) is 9.06. The fraction of sp³-hybridized carbons (Fsp3) is 0.560. The number of benzene rings is 1. The van der Waals surface area contributed by atoms with Crippen LogP contribution in [0.3, 0.4) is 0 Å². The number of amides is 1. The lowest BCUT2D eigenvalue weighted by Crippen LogP contribution is -2.47. The molecule has 4 saturated carbocycles. The molecule has 6 rings (SSSR count). The van der Waals surface area contributed by atoms with Gasteiger partial charge in [0.15, 0.2) is 10.9 Å². The summed E-state index contributed by atoms with van der Waals surface area (Å²) in [5.41, 5.74) is 7.62. The zero-order valence-electron chi connectivity index (χ0n) is 19.3. The fourth-order valence-corrected chi connectivity index (χ4v) is 7.28. The molecule has 1 aromatic carbocycles. The van der Waals surface area contributed by atoms with Gasteiger partial charge >= 0.3 is 0 Å². The summed E-state index contributed by atoms with van der Waals surface area (Å²) in [6, 6.07) is 7.26. The zero-order valence-corrected chi connectivity index (χ0v) is 20.2. The van der Waals surface area contributed by atoms with Crippen molar-refractivity contribution in [2.24, 2.45) is 29.6 Å². The number of nitrogen functional groups attached to an aromatic ring is 1. The van der Waals surface area contributed by atoms with Gasteiger partial charge in [0.2, 0.25) is 0 Å². The van der Waals surface area contributed by atoms with Gasteiger partial charge in [0, 0.05) is 30.3 Å². The smallest absolute Gasteiger partial charge is 0.251 e. The molecule has 2 aromatic rings. The Hall–Kier alpha value is -2.45. The summed E-state index contributed by atoms with van der Waals surface area (Å²) in [7, 11) is 3.94. The second-order valence-corrected chi connectivity index (χ2v) is 11.3. The standard InChI is InChI=1S/C25H33N5O2S/c1-30(2)8-7-27-24(32)16-3-5-19(6-4-16)28-25-29-23(26)22(33-25)21(31)20-17-10-14-9-15(12-17)13-18(20)11-14/h3-6,14-15,17-18,20H,7-13,26H2,1-2H3,(H,27,32)(H,28,29). The van der Waals surface area contributed by atoms with Crippen molar-refractivity contribution in [1.29, 1.82) is 0 Å². The number of ketones is 1. The van der Waals surface area contributed by atoms with Crippen LogP contribution < -0.4 is 16.4 Å². The van der Waals surface area contributed by atoms with E-state index in [1.807, 2.05) is 31.1 Å². The van der Waals surface area contributed by atoms with Crippen molar-refractivity contribution in [2.45, 2.75) is 32.1 Å². The first-order chi connectivity index (χ1) is 15.9. The van der Waals surface area contributed by atoms with Gasteiger partial charge in [-0.2, -0.15) is 0 Å². The number of nitrogens with one attached hydrogen (secondary N) is 2. The molecule has 4 bridgehead atoms. The van der Waals surface area contributed by atoms with E-state index in [1.165, 1.54) is 43.4 Å². The number of rotatable bonds is 8. The van der Waals surface area contributed by atoms with Crippen LogP contribution in [-0.4, -0.2) is 48.8 Å². The van der Waals surface area contributed by atoms with Crippen LogP contribution in [0.4, 0.5) is 16.6 Å². The predicted octanol–water partition coefficient (Wildman–Crippen LogP) is 4.02. The largest absolute Gasteiger partial charge is 0.382 e. The van der Waals surface area contributed by atoms with Gasteiger partial charge < -0.3 is 21.3 Å². The van der Waals surface area contributed by atoms with Crippen LogP contribution in [-0.2, 0) is 0 Å². The number of nitrogens with two attached hydrogens (primary N) is 1. The van der Waals surface area contributed by atoms with Crippen molar-refractivity contribution in [1.82, 2.24) is 15.2 Å². The molecule has 0 saturated heterocycles. The third-order valence-corrected chi connectivity index (χ3v) is 8.65. The molecule has 176 valence electrons. The fourth-order valence-electron chi connectivity index (χ4n) is 6.39. The van der Waals surface area contributed by atoms with Crippen molar-refractivity contribution in [3.05, 3.63) is 34.7 Å². The molecule has 0 spiro atoms. The Morgan fingerprint density at radius 2 is 1.70 bits per heavy atom. The van der Waals surface area contributed by atoms with Crippen molar-refractivity contribution < 1.29 is 9.59 Å². The van der Waals surface area contributed by atoms with Gasteiger partial charge in [-0.15, -0.1) is 0 Å². The molecular formula is C25H33N5O2S. The van der Waals surface area contributed by atoms with Gasteiger partial charge in [0.05, 0.1) is 0 Å². The van der Waals surface area contributed by atoms with Crippen LogP contribution in [0.5, 0.6) is 0 Å². The lowest BCUT2D eigenvalue weighted by Gasteiger charge is -2.53. The highest BCUT2D eigenvalue weighted by molar-refractivity contribution is 7.18. The zero-order chi connectivity index (χ0) is 23.1. The predicted molar refractivity (Wildman–Crippen MR) is 132 cm³/mol. The van der Waals surface area contributed by atoms with Crippen LogP contribution in [0.1, 0.15) is 52.1 Å². The number of nitrogens with zero attached hydrogens (tertiary/aromatic N) is 2. The molecule has 33 heavy (non-hydrogen) atoms. The molecule has 4 N–H and O–H groups in total. The van der Waals surface area contributed by atoms with Gasteiger partial charge in [-0.1, -0.05) is 11.3 Å². The van der Waals surface area contributed by atoms with E-state index in [2.05, 4.69) is 15.6 Å². The van der Waals surface area contributed by atoms with Crippen LogP contribution in [0.15, 0.2) is 24.3 Å². The number of carbonyl (C=O) groups excluding carboxylic acids is 2. The van der Waals surface area contributed by atoms with E-state index >= 15 is 0 Å². The highest BCUT2D eigenvalue weighted by atomic mass is 32.1. The van der Waals surface area contributed by atoms with E-state index in [4.69, 9.17) is 5.73 Å². The summed E-state index contributed by atoms with van der Waals surface area (Å²) < 4.78 is 0. The van der Waals surface area contributed by atoms with Crippen LogP contribution in [0.2, 0.25) is 0 Å². The van der Waals surface area contributed by atoms with Crippen molar-refractivity contribution in [2.75, 3.05) is 38.2 Å². The summed E-state index contributed by atoms with van der Waals surface area (Å²) >= 11 is 1.35. The van der Waals surface area contributed by atoms with E-state index in [9.17, 15) is 9.59 Å². The normalized spacial score (nSPS) is 27.7. The molecule has 1 aromatic heterocycles. The average Bonchev–Trinajstić information content (AvgIpc) is 3.13. The van der Waals surface area contributed by atoms with Gasteiger partial charge in [0.25, 0.3) is 5.91 Å². The number of thiazole rings is 1. The number of carbonyl (C=O) groups is 2. The summed E-state index contributed by atoms with van der Waals surface area (Å²) in [6.45, 7) is 1.40. The maximum atomic E-state index is 13.5. The number of anilines is 3. The van der Waals surface area contributed by atoms with E-state index in [0.29, 0.717) is 39.8 Å². The van der Waals surface area contributed by atoms with Crippen molar-refractivity contribution in [3.8, 4) is 0 Å². The highest BCUT2D eigenvalue weighted by Crippen LogP contribution is 2.57. The lowest BCUT2D eigenvalue weighted by atomic mass is 9.51. The molecule has 7 nitrogen and oxygen atoms in total. The molecule has 0 unspecified atom stereocenters. The summed E-state index contributed by atoms with van der Waals surface area (Å²) in [6.07, 6.45) is 6.22. The molecule has 4 fully saturated rings. The Labute approximate surface area is 199 Å². The molecular weight excluding hydrogens is 434 g/mol. The van der Waals surface area contributed by atoms with Gasteiger partial charge in [-0.05, 0) is 94.1 Å².